The Labute approximate surface area is 153 Å². The van der Waals surface area contributed by atoms with Crippen molar-refractivity contribution in [2.75, 3.05) is 11.9 Å². The van der Waals surface area contributed by atoms with E-state index in [-0.39, 0.29) is 11.5 Å². The van der Waals surface area contributed by atoms with E-state index >= 15 is 0 Å². The Morgan fingerprint density at radius 1 is 1.35 bits per heavy atom. The number of amides is 1. The largest absolute Gasteiger partial charge is 0.354 e. The molecular weight excluding hydrogens is 329 g/mol. The number of hydrogen-bond acceptors (Lipinski definition) is 4. The second-order valence-electron chi connectivity index (χ2n) is 7.09. The van der Waals surface area contributed by atoms with Gasteiger partial charge >= 0.3 is 0 Å². The van der Waals surface area contributed by atoms with E-state index in [9.17, 15) is 9.59 Å². The number of aromatic nitrogens is 1. The SMILES string of the molecule is Bc1ccc(Nc2c(C(=O)NOCC3CC3)cn(C)c(=O)c2C)c(C)c1. The van der Waals surface area contributed by atoms with E-state index in [1.807, 2.05) is 26.9 Å². The van der Waals surface area contributed by atoms with E-state index < -0.39 is 0 Å². The number of carbonyl (C=O) groups excluding carboxylic acids is 1. The first-order chi connectivity index (χ1) is 12.4. The maximum absolute atomic E-state index is 12.6. The molecule has 7 heteroatoms. The van der Waals surface area contributed by atoms with Crippen molar-refractivity contribution in [3.63, 3.8) is 0 Å². The van der Waals surface area contributed by atoms with Gasteiger partial charge in [-0.2, -0.15) is 0 Å². The van der Waals surface area contributed by atoms with Crippen molar-refractivity contribution >= 4 is 30.6 Å². The average molecular weight is 353 g/mol. The van der Waals surface area contributed by atoms with Crippen LogP contribution >= 0.6 is 0 Å². The normalized spacial score (nSPS) is 13.5. The molecule has 0 radical (unpaired) electrons. The minimum Gasteiger partial charge on any atom is -0.354 e. The summed E-state index contributed by atoms with van der Waals surface area (Å²) in [6, 6.07) is 5.99. The van der Waals surface area contributed by atoms with Crippen LogP contribution in [-0.2, 0) is 11.9 Å². The van der Waals surface area contributed by atoms with E-state index in [2.05, 4.69) is 16.9 Å². The first-order valence-corrected chi connectivity index (χ1v) is 8.83. The van der Waals surface area contributed by atoms with Gasteiger partial charge in [-0.3, -0.25) is 14.4 Å². The molecule has 0 unspecified atom stereocenters. The third-order valence-electron chi connectivity index (χ3n) is 4.68. The number of anilines is 2. The van der Waals surface area contributed by atoms with Crippen LogP contribution in [0.25, 0.3) is 0 Å². The molecular formula is C19H24BN3O3. The van der Waals surface area contributed by atoms with Crippen LogP contribution in [0, 0.1) is 19.8 Å². The molecule has 3 rings (SSSR count). The number of hydrogen-bond donors (Lipinski definition) is 2. The van der Waals surface area contributed by atoms with Crippen LogP contribution in [0.4, 0.5) is 11.4 Å². The molecule has 1 amide bonds. The predicted octanol–water partition coefficient (Wildman–Crippen LogP) is 1.08. The molecule has 2 N–H and O–H groups in total. The molecule has 1 saturated carbocycles. The van der Waals surface area contributed by atoms with Crippen LogP contribution in [0.1, 0.15) is 34.3 Å². The highest BCUT2D eigenvalue weighted by Gasteiger charge is 2.23. The first-order valence-electron chi connectivity index (χ1n) is 8.83. The number of nitrogens with one attached hydrogen (secondary N) is 2. The van der Waals surface area contributed by atoms with Gasteiger partial charge in [-0.1, -0.05) is 17.6 Å². The molecule has 1 aromatic carbocycles. The molecule has 136 valence electrons. The smallest absolute Gasteiger partial charge is 0.278 e. The Kier molecular flexibility index (Phi) is 5.18. The van der Waals surface area contributed by atoms with E-state index in [0.29, 0.717) is 29.3 Å². The molecule has 1 aliphatic carbocycles. The standard InChI is InChI=1S/C19H24BN3O3/c1-11-8-14(20)6-7-16(11)21-17-12(2)19(25)23(3)9-15(17)18(24)22-26-10-13-4-5-13/h6-9,13,21H,4-5,10,20H2,1-3H3,(H,22,24). The highest BCUT2D eigenvalue weighted by Crippen LogP contribution is 2.28. The number of pyridine rings is 1. The van der Waals surface area contributed by atoms with Gasteiger partial charge in [-0.15, -0.1) is 0 Å². The minimum absolute atomic E-state index is 0.146. The van der Waals surface area contributed by atoms with Crippen LogP contribution in [-0.4, -0.2) is 24.9 Å². The topological polar surface area (TPSA) is 72.4 Å². The third-order valence-corrected chi connectivity index (χ3v) is 4.68. The summed E-state index contributed by atoms with van der Waals surface area (Å²) in [5.41, 5.74) is 6.78. The van der Waals surface area contributed by atoms with Gasteiger partial charge in [0.25, 0.3) is 11.5 Å². The van der Waals surface area contributed by atoms with Gasteiger partial charge in [0.15, 0.2) is 0 Å². The second-order valence-corrected chi connectivity index (χ2v) is 7.09. The lowest BCUT2D eigenvalue weighted by Gasteiger charge is -2.17. The van der Waals surface area contributed by atoms with E-state index in [0.717, 1.165) is 29.6 Å². The zero-order chi connectivity index (χ0) is 18.8. The monoisotopic (exact) mass is 353 g/mol. The average Bonchev–Trinajstić information content (AvgIpc) is 3.41. The van der Waals surface area contributed by atoms with Gasteiger partial charge in [0.05, 0.1) is 17.9 Å². The summed E-state index contributed by atoms with van der Waals surface area (Å²) in [6.45, 7) is 4.23. The molecule has 0 aliphatic heterocycles. The predicted molar refractivity (Wildman–Crippen MR) is 105 cm³/mol. The molecule has 1 heterocycles. The maximum Gasteiger partial charge on any atom is 0.278 e. The number of benzene rings is 1. The molecule has 6 nitrogen and oxygen atoms in total. The van der Waals surface area contributed by atoms with Crippen LogP contribution in [0.3, 0.4) is 0 Å². The highest BCUT2D eigenvalue weighted by molar-refractivity contribution is 6.32. The lowest BCUT2D eigenvalue weighted by Crippen LogP contribution is -2.29. The summed E-state index contributed by atoms with van der Waals surface area (Å²) in [5, 5.41) is 3.27. The summed E-state index contributed by atoms with van der Waals surface area (Å²) in [7, 11) is 3.66. The summed E-state index contributed by atoms with van der Waals surface area (Å²) in [5.74, 6) is 0.182. The van der Waals surface area contributed by atoms with Gasteiger partial charge in [0.1, 0.15) is 7.85 Å². The fourth-order valence-corrected chi connectivity index (χ4v) is 2.88. The third kappa shape index (κ3) is 3.99. The lowest BCUT2D eigenvalue weighted by molar-refractivity contribution is 0.0270. The highest BCUT2D eigenvalue weighted by atomic mass is 16.7. The zero-order valence-electron chi connectivity index (χ0n) is 15.7. The van der Waals surface area contributed by atoms with Crippen molar-refractivity contribution < 1.29 is 9.63 Å². The van der Waals surface area contributed by atoms with Crippen LogP contribution in [0.2, 0.25) is 0 Å². The number of nitrogens with zero attached hydrogens (tertiary/aromatic N) is 1. The molecule has 1 aromatic heterocycles. The molecule has 2 aromatic rings. The minimum atomic E-state index is -0.364. The summed E-state index contributed by atoms with van der Waals surface area (Å²) in [6.07, 6.45) is 3.83. The summed E-state index contributed by atoms with van der Waals surface area (Å²) < 4.78 is 1.41. The van der Waals surface area contributed by atoms with Crippen LogP contribution in [0.5, 0.6) is 0 Å². The van der Waals surface area contributed by atoms with Gasteiger partial charge in [0, 0.05) is 24.5 Å². The summed E-state index contributed by atoms with van der Waals surface area (Å²) >= 11 is 0. The Balaban J connectivity index is 1.92. The quantitative estimate of drug-likeness (QED) is 0.602. The molecule has 0 atom stereocenters. The van der Waals surface area contributed by atoms with Gasteiger partial charge < -0.3 is 9.88 Å². The van der Waals surface area contributed by atoms with Gasteiger partial charge in [0.2, 0.25) is 0 Å². The van der Waals surface area contributed by atoms with Crippen LogP contribution in [0.15, 0.2) is 29.2 Å². The number of carbonyl (C=O) groups is 1. The number of rotatable bonds is 6. The van der Waals surface area contributed by atoms with Crippen molar-refractivity contribution in [2.45, 2.75) is 26.7 Å². The van der Waals surface area contributed by atoms with Crippen molar-refractivity contribution in [1.29, 1.82) is 0 Å². The maximum atomic E-state index is 12.6. The molecule has 1 fully saturated rings. The molecule has 0 saturated heterocycles. The second kappa shape index (κ2) is 7.37. The molecule has 1 aliphatic rings. The van der Waals surface area contributed by atoms with E-state index in [1.165, 1.54) is 10.8 Å². The molecule has 26 heavy (non-hydrogen) atoms. The summed E-state index contributed by atoms with van der Waals surface area (Å²) in [4.78, 5) is 30.3. The Morgan fingerprint density at radius 3 is 2.73 bits per heavy atom. The van der Waals surface area contributed by atoms with Gasteiger partial charge in [-0.05, 0) is 44.2 Å². The Hall–Kier alpha value is -2.54. The van der Waals surface area contributed by atoms with E-state index in [1.54, 1.807) is 14.0 Å². The Bertz CT molecular complexity index is 904. The van der Waals surface area contributed by atoms with Gasteiger partial charge in [-0.25, -0.2) is 5.48 Å². The number of hydroxylamine groups is 1. The lowest BCUT2D eigenvalue weighted by atomic mass is 9.94. The van der Waals surface area contributed by atoms with Crippen molar-refractivity contribution in [3.8, 4) is 0 Å². The first kappa shape index (κ1) is 18.3. The molecule has 0 spiro atoms. The van der Waals surface area contributed by atoms with Crippen molar-refractivity contribution in [2.24, 2.45) is 13.0 Å². The zero-order valence-corrected chi connectivity index (χ0v) is 15.7. The van der Waals surface area contributed by atoms with Crippen LogP contribution < -0.4 is 21.8 Å². The van der Waals surface area contributed by atoms with Crippen molar-refractivity contribution in [3.05, 3.63) is 51.4 Å². The molecule has 0 bridgehead atoms. The fraction of sp³-hybridized carbons (Fsp3) is 0.368. The van der Waals surface area contributed by atoms with E-state index in [4.69, 9.17) is 4.84 Å². The number of aryl methyl sites for hydroxylation is 2. The van der Waals surface area contributed by atoms with Crippen molar-refractivity contribution in [1.82, 2.24) is 10.0 Å². The Morgan fingerprint density at radius 2 is 2.08 bits per heavy atom. The fourth-order valence-electron chi connectivity index (χ4n) is 2.88.